The second-order valence-corrected chi connectivity index (χ2v) is 4.12. The van der Waals surface area contributed by atoms with Gasteiger partial charge in [0.1, 0.15) is 0 Å². The zero-order valence-electron chi connectivity index (χ0n) is 10.4. The van der Waals surface area contributed by atoms with E-state index in [9.17, 15) is 0 Å². The van der Waals surface area contributed by atoms with Gasteiger partial charge in [0, 0.05) is 21.3 Å². The highest BCUT2D eigenvalue weighted by molar-refractivity contribution is 4.75. The molecule has 0 aliphatic rings. The van der Waals surface area contributed by atoms with Crippen molar-refractivity contribution in [2.75, 3.05) is 21.3 Å². The minimum atomic E-state index is -0.331. The van der Waals surface area contributed by atoms with Gasteiger partial charge >= 0.3 is 0 Å². The second-order valence-electron chi connectivity index (χ2n) is 4.12. The molecule has 0 rings (SSSR count). The van der Waals surface area contributed by atoms with Crippen LogP contribution in [0, 0.1) is 0 Å². The highest BCUT2D eigenvalue weighted by atomic mass is 16.7. The molecule has 0 radical (unpaired) electrons. The lowest BCUT2D eigenvalue weighted by Crippen LogP contribution is -2.46. The number of ether oxygens (including phenoxy) is 3. The summed E-state index contributed by atoms with van der Waals surface area (Å²) in [6, 6.07) is -0.0329. The average Bonchev–Trinajstić information content (AvgIpc) is 2.24. The molecule has 0 saturated heterocycles. The normalized spacial score (nSPS) is 14.6. The van der Waals surface area contributed by atoms with Crippen molar-refractivity contribution in [2.45, 2.75) is 44.6 Å². The molecule has 3 N–H and O–H groups in total. The minimum absolute atomic E-state index is 0.0329. The Kier molecular flexibility index (Phi) is 7.04. The van der Waals surface area contributed by atoms with Crippen LogP contribution in [0.5, 0.6) is 0 Å². The van der Waals surface area contributed by atoms with Crippen LogP contribution in [0.15, 0.2) is 0 Å². The van der Waals surface area contributed by atoms with Crippen LogP contribution in [0.1, 0.15) is 26.7 Å². The van der Waals surface area contributed by atoms with Gasteiger partial charge in [-0.3, -0.25) is 11.3 Å². The van der Waals surface area contributed by atoms with Gasteiger partial charge in [0.15, 0.2) is 6.29 Å². The maximum atomic E-state index is 5.44. The lowest BCUT2D eigenvalue weighted by atomic mass is 9.99. The van der Waals surface area contributed by atoms with E-state index in [0.717, 1.165) is 12.8 Å². The third-order valence-electron chi connectivity index (χ3n) is 2.62. The fourth-order valence-electron chi connectivity index (χ4n) is 1.33. The van der Waals surface area contributed by atoms with Gasteiger partial charge in [-0.15, -0.1) is 0 Å². The third-order valence-corrected chi connectivity index (χ3v) is 2.62. The monoisotopic (exact) mass is 220 g/mol. The summed E-state index contributed by atoms with van der Waals surface area (Å²) in [5.41, 5.74) is 2.54. The molecular weight excluding hydrogens is 196 g/mol. The van der Waals surface area contributed by atoms with Crippen molar-refractivity contribution in [2.24, 2.45) is 5.84 Å². The van der Waals surface area contributed by atoms with E-state index in [2.05, 4.69) is 5.43 Å². The molecule has 0 aliphatic heterocycles. The van der Waals surface area contributed by atoms with Gasteiger partial charge in [-0.2, -0.15) is 0 Å². The summed E-state index contributed by atoms with van der Waals surface area (Å²) < 4.78 is 15.6. The first-order valence-corrected chi connectivity index (χ1v) is 5.07. The van der Waals surface area contributed by atoms with Gasteiger partial charge in [-0.05, 0) is 26.7 Å². The average molecular weight is 220 g/mol. The summed E-state index contributed by atoms with van der Waals surface area (Å²) in [6.45, 7) is 4.07. The Morgan fingerprint density at radius 2 is 1.73 bits per heavy atom. The van der Waals surface area contributed by atoms with E-state index in [1.807, 2.05) is 13.8 Å². The molecule has 5 nitrogen and oxygen atoms in total. The molecule has 0 fully saturated rings. The van der Waals surface area contributed by atoms with Crippen LogP contribution in [0.4, 0.5) is 0 Å². The zero-order valence-corrected chi connectivity index (χ0v) is 10.4. The van der Waals surface area contributed by atoms with Crippen molar-refractivity contribution in [3.05, 3.63) is 0 Å². The highest BCUT2D eigenvalue weighted by Crippen LogP contribution is 2.18. The second kappa shape index (κ2) is 7.14. The maximum absolute atomic E-state index is 5.44. The first-order valence-electron chi connectivity index (χ1n) is 5.07. The Morgan fingerprint density at radius 3 is 2.07 bits per heavy atom. The first-order chi connectivity index (χ1) is 7.00. The topological polar surface area (TPSA) is 65.7 Å². The van der Waals surface area contributed by atoms with E-state index in [4.69, 9.17) is 20.1 Å². The summed E-state index contributed by atoms with van der Waals surface area (Å²) >= 11 is 0. The number of hydrogen-bond acceptors (Lipinski definition) is 5. The largest absolute Gasteiger partial charge is 0.379 e. The lowest BCUT2D eigenvalue weighted by Gasteiger charge is -2.28. The van der Waals surface area contributed by atoms with E-state index in [-0.39, 0.29) is 17.9 Å². The van der Waals surface area contributed by atoms with Gasteiger partial charge in [-0.25, -0.2) is 0 Å². The smallest absolute Gasteiger partial charge is 0.173 e. The van der Waals surface area contributed by atoms with E-state index in [1.165, 1.54) is 0 Å². The molecule has 92 valence electrons. The zero-order chi connectivity index (χ0) is 11.9. The molecule has 0 bridgehead atoms. The summed E-state index contributed by atoms with van der Waals surface area (Å²) in [4.78, 5) is 0. The number of nitrogens with one attached hydrogen (secondary N) is 1. The molecule has 5 heteroatoms. The van der Waals surface area contributed by atoms with Crippen LogP contribution in [0.25, 0.3) is 0 Å². The van der Waals surface area contributed by atoms with Crippen molar-refractivity contribution in [3.8, 4) is 0 Å². The molecule has 1 unspecified atom stereocenters. The molecule has 0 amide bonds. The molecule has 0 heterocycles. The molecular formula is C10H24N2O3. The molecule has 15 heavy (non-hydrogen) atoms. The van der Waals surface area contributed by atoms with Gasteiger partial charge in [-0.1, -0.05) is 0 Å². The number of nitrogens with two attached hydrogens (primary N) is 1. The van der Waals surface area contributed by atoms with Crippen LogP contribution >= 0.6 is 0 Å². The highest BCUT2D eigenvalue weighted by Gasteiger charge is 2.24. The van der Waals surface area contributed by atoms with Gasteiger partial charge in [0.05, 0.1) is 11.6 Å². The summed E-state index contributed by atoms with van der Waals surface area (Å²) in [5.74, 6) is 5.44. The minimum Gasteiger partial charge on any atom is -0.379 e. The summed E-state index contributed by atoms with van der Waals surface area (Å²) in [5, 5.41) is 0. The Balaban J connectivity index is 4.10. The van der Waals surface area contributed by atoms with E-state index >= 15 is 0 Å². The first kappa shape index (κ1) is 14.8. The predicted octanol–water partition coefficient (Wildman–Crippen LogP) is 0.642. The van der Waals surface area contributed by atoms with Crippen molar-refractivity contribution < 1.29 is 14.2 Å². The van der Waals surface area contributed by atoms with Crippen LogP contribution in [0.2, 0.25) is 0 Å². The number of methoxy groups -OCH3 is 3. The van der Waals surface area contributed by atoms with Gasteiger partial charge < -0.3 is 14.2 Å². The number of hydrazine groups is 1. The standard InChI is InChI=1S/C10H24N2O3/c1-10(2,15-5)7-6-8(12-11)9(13-3)14-4/h8-9,12H,6-7,11H2,1-5H3. The van der Waals surface area contributed by atoms with Crippen LogP contribution < -0.4 is 11.3 Å². The van der Waals surface area contributed by atoms with Crippen LogP contribution in [-0.2, 0) is 14.2 Å². The molecule has 0 aromatic rings. The van der Waals surface area contributed by atoms with Crippen molar-refractivity contribution in [1.29, 1.82) is 0 Å². The Morgan fingerprint density at radius 1 is 1.20 bits per heavy atom. The Labute approximate surface area is 92.2 Å². The number of rotatable bonds is 8. The van der Waals surface area contributed by atoms with Crippen LogP contribution in [0.3, 0.4) is 0 Å². The molecule has 0 aromatic heterocycles. The van der Waals surface area contributed by atoms with Crippen molar-refractivity contribution >= 4 is 0 Å². The maximum Gasteiger partial charge on any atom is 0.173 e. The number of hydrogen-bond donors (Lipinski definition) is 2. The van der Waals surface area contributed by atoms with E-state index < -0.39 is 0 Å². The van der Waals surface area contributed by atoms with Gasteiger partial charge in [0.25, 0.3) is 0 Å². The molecule has 0 spiro atoms. The lowest BCUT2D eigenvalue weighted by molar-refractivity contribution is -0.127. The quantitative estimate of drug-likeness (QED) is 0.357. The summed E-state index contributed by atoms with van der Waals surface area (Å²) in [7, 11) is 4.90. The Bertz CT molecular complexity index is 161. The van der Waals surface area contributed by atoms with Crippen molar-refractivity contribution in [1.82, 2.24) is 5.43 Å². The summed E-state index contributed by atoms with van der Waals surface area (Å²) in [6.07, 6.45) is 1.37. The fraction of sp³-hybridized carbons (Fsp3) is 1.00. The Hall–Kier alpha value is -0.200. The molecule has 1 atom stereocenters. The molecule has 0 saturated carbocycles. The molecule has 0 aromatic carbocycles. The molecule has 0 aliphatic carbocycles. The fourth-order valence-corrected chi connectivity index (χ4v) is 1.33. The SMILES string of the molecule is COC(OC)C(CCC(C)(C)OC)NN. The van der Waals surface area contributed by atoms with E-state index in [0.29, 0.717) is 0 Å². The predicted molar refractivity (Wildman–Crippen MR) is 59.2 cm³/mol. The van der Waals surface area contributed by atoms with Crippen LogP contribution in [-0.4, -0.2) is 39.3 Å². The van der Waals surface area contributed by atoms with Gasteiger partial charge in [0.2, 0.25) is 0 Å². The van der Waals surface area contributed by atoms with E-state index in [1.54, 1.807) is 21.3 Å². The third kappa shape index (κ3) is 5.44. The van der Waals surface area contributed by atoms with Crippen molar-refractivity contribution in [3.63, 3.8) is 0 Å².